The van der Waals surface area contributed by atoms with Gasteiger partial charge in [-0.1, -0.05) is 47.7 Å². The van der Waals surface area contributed by atoms with Crippen molar-refractivity contribution in [1.82, 2.24) is 0 Å². The van der Waals surface area contributed by atoms with Crippen molar-refractivity contribution in [3.05, 3.63) is 70.6 Å². The number of anilines is 1. The predicted octanol–water partition coefficient (Wildman–Crippen LogP) is 4.52. The molecule has 29 heavy (non-hydrogen) atoms. The van der Waals surface area contributed by atoms with Crippen LogP contribution in [0.5, 0.6) is 0 Å². The molecule has 4 rings (SSSR count). The Morgan fingerprint density at radius 2 is 1.93 bits per heavy atom. The van der Waals surface area contributed by atoms with Gasteiger partial charge in [0.1, 0.15) is 5.04 Å². The zero-order valence-corrected chi connectivity index (χ0v) is 17.5. The fourth-order valence-corrected chi connectivity index (χ4v) is 5.08. The highest BCUT2D eigenvalue weighted by molar-refractivity contribution is 8.17. The van der Waals surface area contributed by atoms with Crippen molar-refractivity contribution in [1.29, 1.82) is 0 Å². The van der Waals surface area contributed by atoms with Gasteiger partial charge in [0.15, 0.2) is 5.41 Å². The van der Waals surface area contributed by atoms with Gasteiger partial charge < -0.3 is 9.64 Å². The molecule has 0 radical (unpaired) electrons. The second-order valence-corrected chi connectivity index (χ2v) is 7.80. The van der Waals surface area contributed by atoms with Gasteiger partial charge in [0.25, 0.3) is 0 Å². The molecule has 0 N–H and O–H groups in total. The molecule has 1 spiro atoms. The van der Waals surface area contributed by atoms with Gasteiger partial charge in [-0.05, 0) is 44.4 Å². The number of aryl methyl sites for hydroxylation is 1. The van der Waals surface area contributed by atoms with E-state index in [9.17, 15) is 9.59 Å². The lowest BCUT2D eigenvalue weighted by molar-refractivity contribution is -0.140. The molecule has 2 aromatic carbocycles. The van der Waals surface area contributed by atoms with Crippen LogP contribution in [0.15, 0.2) is 64.5 Å². The quantitative estimate of drug-likeness (QED) is 0.701. The fraction of sp³-hybridized carbons (Fsp3) is 0.261. The summed E-state index contributed by atoms with van der Waals surface area (Å²) in [7, 11) is 0. The van der Waals surface area contributed by atoms with Crippen molar-refractivity contribution in [2.75, 3.05) is 18.1 Å². The van der Waals surface area contributed by atoms with E-state index in [0.717, 1.165) is 22.5 Å². The first kappa shape index (κ1) is 19.5. The number of esters is 1. The number of likely N-dealkylation sites (N-methyl/N-ethyl adjacent to an activating group) is 1. The van der Waals surface area contributed by atoms with Crippen LogP contribution < -0.4 is 4.90 Å². The van der Waals surface area contributed by atoms with Crippen molar-refractivity contribution in [2.24, 2.45) is 4.99 Å². The maximum Gasteiger partial charge on any atom is 0.336 e. The van der Waals surface area contributed by atoms with Gasteiger partial charge in [-0.2, -0.15) is 0 Å². The van der Waals surface area contributed by atoms with Gasteiger partial charge in [-0.15, -0.1) is 0 Å². The van der Waals surface area contributed by atoms with Crippen molar-refractivity contribution in [2.45, 2.75) is 26.2 Å². The molecule has 0 saturated heterocycles. The normalized spacial score (nSPS) is 21.6. The number of hydrogen-bond acceptors (Lipinski definition) is 5. The molecular formula is C23H22N2O3S. The Kier molecular flexibility index (Phi) is 5.04. The summed E-state index contributed by atoms with van der Waals surface area (Å²) in [4.78, 5) is 33.3. The summed E-state index contributed by atoms with van der Waals surface area (Å²) in [6.45, 7) is 6.44. The number of hydrogen-bond donors (Lipinski definition) is 0. The Bertz CT molecular complexity index is 1050. The molecule has 0 aromatic heterocycles. The molecular weight excluding hydrogens is 384 g/mol. The van der Waals surface area contributed by atoms with E-state index in [0.29, 0.717) is 17.2 Å². The maximum atomic E-state index is 13.8. The van der Waals surface area contributed by atoms with Crippen LogP contribution in [0.1, 0.15) is 25.0 Å². The lowest BCUT2D eigenvalue weighted by atomic mass is 9.75. The third kappa shape index (κ3) is 2.90. The molecule has 148 valence electrons. The molecule has 2 aliphatic rings. The maximum absolute atomic E-state index is 13.8. The number of para-hydroxylation sites is 1. The van der Waals surface area contributed by atoms with Gasteiger partial charge >= 0.3 is 5.97 Å². The van der Waals surface area contributed by atoms with E-state index in [1.54, 1.807) is 17.2 Å². The van der Waals surface area contributed by atoms with E-state index in [1.807, 2.05) is 62.4 Å². The molecule has 2 heterocycles. The summed E-state index contributed by atoms with van der Waals surface area (Å²) >= 11 is 1.32. The molecule has 2 aromatic rings. The van der Waals surface area contributed by atoms with Crippen molar-refractivity contribution < 1.29 is 14.3 Å². The first-order valence-corrected chi connectivity index (χ1v) is 10.5. The Labute approximate surface area is 174 Å². The lowest BCUT2D eigenvalue weighted by Gasteiger charge is -2.26. The topological polar surface area (TPSA) is 59.0 Å². The number of fused-ring (bicyclic) bond motifs is 2. The molecule has 1 atom stereocenters. The average molecular weight is 407 g/mol. The summed E-state index contributed by atoms with van der Waals surface area (Å²) in [5.74, 6) is -0.628. The van der Waals surface area contributed by atoms with Crippen LogP contribution in [0.2, 0.25) is 0 Å². The van der Waals surface area contributed by atoms with Crippen LogP contribution in [0.4, 0.5) is 11.4 Å². The highest BCUT2D eigenvalue weighted by Gasteiger charge is 2.61. The van der Waals surface area contributed by atoms with Crippen LogP contribution in [0.3, 0.4) is 0 Å². The van der Waals surface area contributed by atoms with Crippen molar-refractivity contribution >= 4 is 40.1 Å². The first-order chi connectivity index (χ1) is 14.0. The van der Waals surface area contributed by atoms with Crippen LogP contribution in [-0.4, -0.2) is 30.1 Å². The summed E-state index contributed by atoms with van der Waals surface area (Å²) in [6, 6.07) is 15.4. The third-order valence-electron chi connectivity index (χ3n) is 5.22. The molecule has 5 nitrogen and oxygen atoms in total. The Hall–Kier alpha value is -2.86. The molecule has 1 unspecified atom stereocenters. The highest BCUT2D eigenvalue weighted by Crippen LogP contribution is 2.54. The minimum Gasteiger partial charge on any atom is -0.463 e. The summed E-state index contributed by atoms with van der Waals surface area (Å²) < 4.78 is 5.33. The van der Waals surface area contributed by atoms with Crippen LogP contribution in [-0.2, 0) is 19.7 Å². The summed E-state index contributed by atoms with van der Waals surface area (Å²) in [5.41, 5.74) is 2.46. The summed E-state index contributed by atoms with van der Waals surface area (Å²) in [6.07, 6.45) is 0. The molecule has 6 heteroatoms. The highest BCUT2D eigenvalue weighted by atomic mass is 32.2. The number of aliphatic imine (C=N–C) groups is 1. The summed E-state index contributed by atoms with van der Waals surface area (Å²) in [5, 5.41) is 2.31. The lowest BCUT2D eigenvalue weighted by Crippen LogP contribution is -2.46. The monoisotopic (exact) mass is 406 g/mol. The molecule has 0 fully saturated rings. The number of carbonyl (C=O) groups is 2. The second kappa shape index (κ2) is 7.52. The molecule has 0 bridgehead atoms. The number of ether oxygens (including phenoxy) is 1. The number of benzene rings is 2. The van der Waals surface area contributed by atoms with E-state index in [2.05, 4.69) is 0 Å². The number of amides is 1. The second-order valence-electron chi connectivity index (χ2n) is 6.94. The zero-order valence-electron chi connectivity index (χ0n) is 16.6. The number of rotatable bonds is 4. The van der Waals surface area contributed by atoms with E-state index in [4.69, 9.17) is 9.73 Å². The van der Waals surface area contributed by atoms with Gasteiger partial charge in [-0.25, -0.2) is 9.79 Å². The largest absolute Gasteiger partial charge is 0.463 e. The number of nitrogens with zero attached hydrogens (tertiary/aromatic N) is 2. The SMILES string of the molecule is CCOC(=O)C1=CSC(=Nc2ccccc2)C12C(=O)N(CC)c1ccc(C)cc12. The van der Waals surface area contributed by atoms with Gasteiger partial charge in [0.2, 0.25) is 5.91 Å². The minimum absolute atomic E-state index is 0.153. The van der Waals surface area contributed by atoms with Crippen LogP contribution in [0, 0.1) is 6.92 Å². The third-order valence-corrected chi connectivity index (χ3v) is 6.20. The Balaban J connectivity index is 1.99. The van der Waals surface area contributed by atoms with Crippen molar-refractivity contribution in [3.63, 3.8) is 0 Å². The Morgan fingerprint density at radius 3 is 2.62 bits per heavy atom. The first-order valence-electron chi connectivity index (χ1n) is 9.65. The minimum atomic E-state index is -1.26. The van der Waals surface area contributed by atoms with Gasteiger partial charge in [-0.3, -0.25) is 4.79 Å². The molecule has 0 saturated carbocycles. The smallest absolute Gasteiger partial charge is 0.336 e. The Morgan fingerprint density at radius 1 is 1.17 bits per heavy atom. The van der Waals surface area contributed by atoms with E-state index >= 15 is 0 Å². The fourth-order valence-electron chi connectivity index (χ4n) is 3.94. The van der Waals surface area contributed by atoms with E-state index < -0.39 is 11.4 Å². The van der Waals surface area contributed by atoms with E-state index in [1.165, 1.54) is 11.8 Å². The predicted molar refractivity (Wildman–Crippen MR) is 117 cm³/mol. The van der Waals surface area contributed by atoms with Crippen LogP contribution in [0.25, 0.3) is 0 Å². The van der Waals surface area contributed by atoms with Gasteiger partial charge in [0.05, 0.1) is 17.9 Å². The van der Waals surface area contributed by atoms with Gasteiger partial charge in [0, 0.05) is 17.8 Å². The standard InChI is InChI=1S/C23H22N2O3S/c1-4-25-19-12-11-15(3)13-17(19)23(22(25)27)18(20(26)28-5-2)14-29-21(23)24-16-9-7-6-8-10-16/h6-14H,4-5H2,1-3H3. The molecule has 2 aliphatic heterocycles. The number of carbonyl (C=O) groups excluding carboxylic acids is 2. The van der Waals surface area contributed by atoms with Crippen LogP contribution >= 0.6 is 11.8 Å². The zero-order chi connectivity index (χ0) is 20.6. The molecule has 0 aliphatic carbocycles. The average Bonchev–Trinajstić information content (AvgIpc) is 3.20. The molecule has 1 amide bonds. The number of thioether (sulfide) groups is 1. The van der Waals surface area contributed by atoms with Crippen molar-refractivity contribution in [3.8, 4) is 0 Å². The van der Waals surface area contributed by atoms with E-state index in [-0.39, 0.29) is 12.5 Å².